The third kappa shape index (κ3) is 3.50. The van der Waals surface area contributed by atoms with Crippen molar-refractivity contribution in [1.82, 2.24) is 10.4 Å². The van der Waals surface area contributed by atoms with Crippen LogP contribution in [0.5, 0.6) is 11.5 Å². The summed E-state index contributed by atoms with van der Waals surface area (Å²) in [4.78, 5) is 24.4. The lowest BCUT2D eigenvalue weighted by molar-refractivity contribution is -0.156. The number of carbonyl (C=O) groups excluding carboxylic acids is 2. The monoisotopic (exact) mass is 438 g/mol. The summed E-state index contributed by atoms with van der Waals surface area (Å²) in [5.41, 5.74) is 4.08. The highest BCUT2D eigenvalue weighted by atomic mass is 79.9. The van der Waals surface area contributed by atoms with Crippen LogP contribution in [0, 0.1) is 0 Å². The van der Waals surface area contributed by atoms with E-state index in [1.165, 1.54) is 12.1 Å². The maximum Gasteiger partial charge on any atom is 0.262 e. The van der Waals surface area contributed by atoms with Gasteiger partial charge in [0.25, 0.3) is 5.91 Å². The Morgan fingerprint density at radius 2 is 2.04 bits per heavy atom. The molecule has 1 saturated heterocycles. The number of hydrogen-bond donors (Lipinski definition) is 2. The number of nitrogens with one attached hydrogen (secondary N) is 1. The average Bonchev–Trinajstić information content (AvgIpc) is 2.64. The molecule has 8 heteroatoms. The minimum atomic E-state index is -0.812. The molecule has 2 aromatic carbocycles. The summed E-state index contributed by atoms with van der Waals surface area (Å²) in [6.45, 7) is 0. The van der Waals surface area contributed by atoms with Crippen LogP contribution in [0.1, 0.15) is 17.2 Å². The Bertz CT molecular complexity index is 847. The summed E-state index contributed by atoms with van der Waals surface area (Å²) in [7, 11) is 1.43. The van der Waals surface area contributed by atoms with E-state index in [4.69, 9.17) is 16.3 Å². The second-order valence-corrected chi connectivity index (χ2v) is 7.13. The number of amides is 2. The van der Waals surface area contributed by atoms with Gasteiger partial charge >= 0.3 is 0 Å². The largest absolute Gasteiger partial charge is 0.503 e. The van der Waals surface area contributed by atoms with Gasteiger partial charge in [-0.2, -0.15) is 0 Å². The van der Waals surface area contributed by atoms with Crippen LogP contribution in [0.25, 0.3) is 0 Å². The molecule has 0 bridgehead atoms. The van der Waals surface area contributed by atoms with Crippen LogP contribution in [0.4, 0.5) is 0 Å². The highest BCUT2D eigenvalue weighted by molar-refractivity contribution is 9.10. The minimum absolute atomic E-state index is 0.0484. The molecule has 2 amide bonds. The number of halogens is 2. The number of phenolic OH excluding ortho intramolecular Hbond substituents is 1. The van der Waals surface area contributed by atoms with Crippen molar-refractivity contribution in [2.45, 2.75) is 17.8 Å². The van der Waals surface area contributed by atoms with Crippen molar-refractivity contribution < 1.29 is 19.4 Å². The van der Waals surface area contributed by atoms with Gasteiger partial charge in [-0.05, 0) is 39.2 Å². The molecule has 26 heavy (non-hydrogen) atoms. The molecular weight excluding hydrogens is 424 g/mol. The highest BCUT2D eigenvalue weighted by Crippen LogP contribution is 2.43. The van der Waals surface area contributed by atoms with Crippen molar-refractivity contribution in [2.75, 3.05) is 7.11 Å². The van der Waals surface area contributed by atoms with Gasteiger partial charge in [-0.3, -0.25) is 15.0 Å². The summed E-state index contributed by atoms with van der Waals surface area (Å²) in [5.74, 6) is -0.509. The fraction of sp³-hybridized carbons (Fsp3) is 0.222. The lowest BCUT2D eigenvalue weighted by atomic mass is 9.95. The van der Waals surface area contributed by atoms with Crippen molar-refractivity contribution >= 4 is 39.3 Å². The molecule has 0 radical (unpaired) electrons. The van der Waals surface area contributed by atoms with Gasteiger partial charge < -0.3 is 9.84 Å². The standard InChI is InChI=1S/C18H16BrClN2O4/c1-26-13-9-11(8-12(19)17(13)24)16-15(20)18(25)22(16)21-14(23)7-10-5-3-2-4-6-10/h2-6,8-9,15-16,24H,7H2,1H3,(H,21,23)/t15-,16-/m0/s1. The summed E-state index contributed by atoms with van der Waals surface area (Å²) >= 11 is 9.41. The number of aromatic hydroxyl groups is 1. The topological polar surface area (TPSA) is 78.9 Å². The van der Waals surface area contributed by atoms with Gasteiger partial charge in [0.1, 0.15) is 11.4 Å². The van der Waals surface area contributed by atoms with Gasteiger partial charge in [0.15, 0.2) is 11.5 Å². The molecule has 136 valence electrons. The summed E-state index contributed by atoms with van der Waals surface area (Å²) < 4.78 is 5.54. The first kappa shape index (κ1) is 18.5. The zero-order chi connectivity index (χ0) is 18.8. The number of nitrogens with zero attached hydrogens (tertiary/aromatic N) is 1. The predicted octanol–water partition coefficient (Wildman–Crippen LogP) is 2.93. The molecule has 2 N–H and O–H groups in total. The molecule has 6 nitrogen and oxygen atoms in total. The number of β-lactam (4-membered cyclic amide) rings is 1. The number of carbonyl (C=O) groups is 2. The van der Waals surface area contributed by atoms with E-state index in [2.05, 4.69) is 21.4 Å². The van der Waals surface area contributed by atoms with Gasteiger partial charge in [-0.15, -0.1) is 11.6 Å². The number of ether oxygens (including phenoxy) is 1. The number of hydrazine groups is 1. The van der Waals surface area contributed by atoms with E-state index in [1.807, 2.05) is 30.3 Å². The SMILES string of the molecule is COc1cc([C@H]2[C@H](Cl)C(=O)N2NC(=O)Cc2ccccc2)cc(Br)c1O. The van der Waals surface area contributed by atoms with Crippen molar-refractivity contribution in [1.29, 1.82) is 0 Å². The van der Waals surface area contributed by atoms with Gasteiger partial charge in [-0.1, -0.05) is 30.3 Å². The Balaban J connectivity index is 1.78. The van der Waals surface area contributed by atoms with Crippen LogP contribution < -0.4 is 10.2 Å². The molecule has 2 atom stereocenters. The first-order valence-corrected chi connectivity index (χ1v) is 9.02. The molecule has 0 unspecified atom stereocenters. The highest BCUT2D eigenvalue weighted by Gasteiger charge is 2.48. The predicted molar refractivity (Wildman–Crippen MR) is 99.9 cm³/mol. The molecule has 0 spiro atoms. The Kier molecular flexibility index (Phi) is 5.38. The van der Waals surface area contributed by atoms with Crippen molar-refractivity contribution in [3.63, 3.8) is 0 Å². The first-order valence-electron chi connectivity index (χ1n) is 7.79. The third-order valence-electron chi connectivity index (χ3n) is 4.09. The number of rotatable bonds is 5. The fourth-order valence-electron chi connectivity index (χ4n) is 2.77. The number of methoxy groups -OCH3 is 1. The Labute approximate surface area is 163 Å². The van der Waals surface area contributed by atoms with E-state index in [1.54, 1.807) is 12.1 Å². The van der Waals surface area contributed by atoms with Crippen LogP contribution in [0.15, 0.2) is 46.9 Å². The Morgan fingerprint density at radius 3 is 2.69 bits per heavy atom. The number of alkyl halides is 1. The second kappa shape index (κ2) is 7.55. The first-order chi connectivity index (χ1) is 12.4. The second-order valence-electron chi connectivity index (χ2n) is 5.81. The van der Waals surface area contributed by atoms with E-state index in [0.29, 0.717) is 10.0 Å². The van der Waals surface area contributed by atoms with E-state index >= 15 is 0 Å². The van der Waals surface area contributed by atoms with Crippen molar-refractivity contribution in [3.05, 3.63) is 58.1 Å². The Morgan fingerprint density at radius 1 is 1.35 bits per heavy atom. The summed E-state index contributed by atoms with van der Waals surface area (Å²) in [6, 6.07) is 11.9. The van der Waals surface area contributed by atoms with Gasteiger partial charge in [0.05, 0.1) is 18.0 Å². The lowest BCUT2D eigenvalue weighted by Crippen LogP contribution is -2.63. The van der Waals surface area contributed by atoms with Gasteiger partial charge in [0, 0.05) is 0 Å². The number of phenols is 1. The van der Waals surface area contributed by atoms with Crippen LogP contribution in [-0.2, 0) is 16.0 Å². The lowest BCUT2D eigenvalue weighted by Gasteiger charge is -2.44. The number of hydrogen-bond acceptors (Lipinski definition) is 4. The normalized spacial score (nSPS) is 19.0. The molecule has 0 aliphatic carbocycles. The molecule has 1 aliphatic rings. The summed E-state index contributed by atoms with van der Waals surface area (Å²) in [6.07, 6.45) is 0.146. The maximum atomic E-state index is 12.3. The molecule has 2 aromatic rings. The van der Waals surface area contributed by atoms with Crippen LogP contribution in [0.3, 0.4) is 0 Å². The summed E-state index contributed by atoms with van der Waals surface area (Å²) in [5, 5.41) is 10.3. The average molecular weight is 440 g/mol. The van der Waals surface area contributed by atoms with Crippen LogP contribution in [-0.4, -0.2) is 34.4 Å². The van der Waals surface area contributed by atoms with E-state index in [-0.39, 0.29) is 29.7 Å². The molecule has 1 fully saturated rings. The molecule has 3 rings (SSSR count). The fourth-order valence-corrected chi connectivity index (χ4v) is 3.59. The molecule has 1 heterocycles. The molecular formula is C18H16BrClN2O4. The van der Waals surface area contributed by atoms with Crippen LogP contribution in [0.2, 0.25) is 0 Å². The Hall–Kier alpha value is -2.25. The molecule has 1 aliphatic heterocycles. The zero-order valence-corrected chi connectivity index (χ0v) is 16.1. The maximum absolute atomic E-state index is 12.3. The van der Waals surface area contributed by atoms with Crippen molar-refractivity contribution in [2.24, 2.45) is 0 Å². The minimum Gasteiger partial charge on any atom is -0.503 e. The van der Waals surface area contributed by atoms with Crippen molar-refractivity contribution in [3.8, 4) is 11.5 Å². The number of benzene rings is 2. The van der Waals surface area contributed by atoms with Gasteiger partial charge in [0.2, 0.25) is 5.91 Å². The third-order valence-corrected chi connectivity index (χ3v) is 5.12. The van der Waals surface area contributed by atoms with Gasteiger partial charge in [-0.25, -0.2) is 5.01 Å². The quantitative estimate of drug-likeness (QED) is 0.555. The molecule has 0 saturated carbocycles. The van der Waals surface area contributed by atoms with Crippen LogP contribution >= 0.6 is 27.5 Å². The zero-order valence-electron chi connectivity index (χ0n) is 13.8. The van der Waals surface area contributed by atoms with E-state index in [0.717, 1.165) is 5.56 Å². The van der Waals surface area contributed by atoms with E-state index < -0.39 is 11.4 Å². The van der Waals surface area contributed by atoms with E-state index in [9.17, 15) is 14.7 Å². The smallest absolute Gasteiger partial charge is 0.262 e. The molecule has 0 aromatic heterocycles.